The normalized spacial score (nSPS) is 29.0. The van der Waals surface area contributed by atoms with E-state index in [4.69, 9.17) is 0 Å². The lowest BCUT2D eigenvalue weighted by Crippen LogP contribution is -2.54. The summed E-state index contributed by atoms with van der Waals surface area (Å²) in [4.78, 5) is 17.6. The molecule has 2 atom stereocenters. The van der Waals surface area contributed by atoms with E-state index in [-0.39, 0.29) is 5.92 Å². The Morgan fingerprint density at radius 2 is 2.10 bits per heavy atom. The maximum atomic E-state index is 13.0. The van der Waals surface area contributed by atoms with E-state index in [9.17, 15) is 4.79 Å². The minimum Gasteiger partial charge on any atom is -0.339 e. The van der Waals surface area contributed by atoms with Crippen LogP contribution in [-0.2, 0) is 11.3 Å². The van der Waals surface area contributed by atoms with Gasteiger partial charge in [-0.3, -0.25) is 9.69 Å². The summed E-state index contributed by atoms with van der Waals surface area (Å²) in [5.74, 6) is 0.323. The summed E-state index contributed by atoms with van der Waals surface area (Å²) in [7, 11) is 0. The summed E-state index contributed by atoms with van der Waals surface area (Å²) in [5.41, 5.74) is 2.51. The molecule has 4 heteroatoms. The molecule has 1 N–H and O–H groups in total. The number of carbonyl (C=O) groups excluding carboxylic acids is 1. The molecule has 0 saturated carbocycles. The summed E-state index contributed by atoms with van der Waals surface area (Å²) in [5, 5.41) is 3.40. The van der Waals surface area contributed by atoms with Crippen LogP contribution in [0.4, 0.5) is 0 Å². The zero-order valence-electron chi connectivity index (χ0n) is 12.4. The SMILES string of the molecule is O=C(C1CNCc2ccccc21)N1CCN2CCCC2C1. The Kier molecular flexibility index (Phi) is 3.43. The highest BCUT2D eigenvalue weighted by Crippen LogP contribution is 2.28. The number of nitrogens with one attached hydrogen (secondary N) is 1. The lowest BCUT2D eigenvalue weighted by Gasteiger charge is -2.39. The van der Waals surface area contributed by atoms with Crippen LogP contribution in [0.5, 0.6) is 0 Å². The first-order chi connectivity index (χ1) is 10.3. The Morgan fingerprint density at radius 3 is 3.05 bits per heavy atom. The molecular weight excluding hydrogens is 262 g/mol. The zero-order valence-corrected chi connectivity index (χ0v) is 12.4. The third kappa shape index (κ3) is 2.36. The molecule has 2 unspecified atom stereocenters. The number of nitrogens with zero attached hydrogens (tertiary/aromatic N) is 2. The Bertz CT molecular complexity index is 545. The molecule has 21 heavy (non-hydrogen) atoms. The quantitative estimate of drug-likeness (QED) is 0.841. The summed E-state index contributed by atoms with van der Waals surface area (Å²) in [6, 6.07) is 8.99. The minimum atomic E-state index is 0.00269. The molecule has 2 saturated heterocycles. The van der Waals surface area contributed by atoms with Crippen LogP contribution >= 0.6 is 0 Å². The van der Waals surface area contributed by atoms with Crippen LogP contribution in [-0.4, -0.2) is 54.5 Å². The maximum Gasteiger partial charge on any atom is 0.231 e. The molecule has 112 valence electrons. The molecule has 1 amide bonds. The first-order valence-corrected chi connectivity index (χ1v) is 8.14. The Hall–Kier alpha value is -1.39. The molecule has 1 aromatic carbocycles. The van der Waals surface area contributed by atoms with E-state index in [2.05, 4.69) is 39.4 Å². The Labute approximate surface area is 126 Å². The van der Waals surface area contributed by atoms with Crippen molar-refractivity contribution < 1.29 is 4.79 Å². The van der Waals surface area contributed by atoms with Crippen molar-refractivity contribution in [3.8, 4) is 0 Å². The van der Waals surface area contributed by atoms with Crippen LogP contribution in [0.2, 0.25) is 0 Å². The Morgan fingerprint density at radius 1 is 1.19 bits per heavy atom. The fourth-order valence-corrected chi connectivity index (χ4v) is 4.13. The minimum absolute atomic E-state index is 0.00269. The molecule has 2 fully saturated rings. The van der Waals surface area contributed by atoms with Crippen molar-refractivity contribution in [1.82, 2.24) is 15.1 Å². The monoisotopic (exact) mass is 285 g/mol. The van der Waals surface area contributed by atoms with Crippen LogP contribution < -0.4 is 5.32 Å². The van der Waals surface area contributed by atoms with Gasteiger partial charge in [-0.15, -0.1) is 0 Å². The number of benzene rings is 1. The number of piperazine rings is 1. The van der Waals surface area contributed by atoms with Crippen molar-refractivity contribution in [3.63, 3.8) is 0 Å². The van der Waals surface area contributed by atoms with Crippen LogP contribution in [0.3, 0.4) is 0 Å². The van der Waals surface area contributed by atoms with Gasteiger partial charge in [0.15, 0.2) is 0 Å². The highest BCUT2D eigenvalue weighted by atomic mass is 16.2. The van der Waals surface area contributed by atoms with Crippen molar-refractivity contribution >= 4 is 5.91 Å². The second-order valence-electron chi connectivity index (χ2n) is 6.50. The van der Waals surface area contributed by atoms with Gasteiger partial charge in [-0.1, -0.05) is 24.3 Å². The number of fused-ring (bicyclic) bond motifs is 2. The maximum absolute atomic E-state index is 13.0. The van der Waals surface area contributed by atoms with Gasteiger partial charge in [0.2, 0.25) is 5.91 Å². The van der Waals surface area contributed by atoms with Crippen molar-refractivity contribution in [1.29, 1.82) is 0 Å². The molecule has 4 rings (SSSR count). The largest absolute Gasteiger partial charge is 0.339 e. The number of amides is 1. The molecule has 1 aromatic rings. The van der Waals surface area contributed by atoms with Crippen LogP contribution in [0.25, 0.3) is 0 Å². The predicted molar refractivity (Wildman–Crippen MR) is 82.1 cm³/mol. The van der Waals surface area contributed by atoms with Gasteiger partial charge < -0.3 is 10.2 Å². The van der Waals surface area contributed by atoms with Crippen molar-refractivity contribution in [2.24, 2.45) is 0 Å². The first-order valence-electron chi connectivity index (χ1n) is 8.14. The first kappa shape index (κ1) is 13.3. The number of rotatable bonds is 1. The fourth-order valence-electron chi connectivity index (χ4n) is 4.13. The molecule has 0 aliphatic carbocycles. The molecule has 0 aromatic heterocycles. The molecule has 0 bridgehead atoms. The topological polar surface area (TPSA) is 35.6 Å². The summed E-state index contributed by atoms with van der Waals surface area (Å²) < 4.78 is 0. The fraction of sp³-hybridized carbons (Fsp3) is 0.588. The second kappa shape index (κ2) is 5.43. The highest BCUT2D eigenvalue weighted by Gasteiger charge is 2.36. The Balaban J connectivity index is 1.53. The standard InChI is InChI=1S/C17H23N3O/c21-17(20-9-8-19-7-3-5-14(19)12-20)16-11-18-10-13-4-1-2-6-15(13)16/h1-2,4,6,14,16,18H,3,5,7-12H2. The van der Waals surface area contributed by atoms with Gasteiger partial charge in [0, 0.05) is 38.8 Å². The van der Waals surface area contributed by atoms with Crippen molar-refractivity contribution in [2.45, 2.75) is 31.3 Å². The van der Waals surface area contributed by atoms with Crippen LogP contribution in [0.15, 0.2) is 24.3 Å². The van der Waals surface area contributed by atoms with Gasteiger partial charge in [0.25, 0.3) is 0 Å². The molecule has 0 spiro atoms. The van der Waals surface area contributed by atoms with Crippen LogP contribution in [0, 0.1) is 0 Å². The summed E-state index contributed by atoms with van der Waals surface area (Å²) in [6.07, 6.45) is 2.55. The molecule has 3 aliphatic rings. The third-order valence-corrected chi connectivity index (χ3v) is 5.29. The van der Waals surface area contributed by atoms with Gasteiger partial charge in [-0.2, -0.15) is 0 Å². The van der Waals surface area contributed by atoms with Gasteiger partial charge in [-0.25, -0.2) is 0 Å². The molecule has 3 heterocycles. The van der Waals surface area contributed by atoms with Gasteiger partial charge in [0.05, 0.1) is 5.92 Å². The molecule has 0 radical (unpaired) electrons. The van der Waals surface area contributed by atoms with Crippen LogP contribution in [0.1, 0.15) is 29.9 Å². The van der Waals surface area contributed by atoms with Gasteiger partial charge in [0.1, 0.15) is 0 Å². The van der Waals surface area contributed by atoms with Crippen molar-refractivity contribution in [3.05, 3.63) is 35.4 Å². The smallest absolute Gasteiger partial charge is 0.231 e. The van der Waals surface area contributed by atoms with E-state index in [0.717, 1.165) is 32.7 Å². The highest BCUT2D eigenvalue weighted by molar-refractivity contribution is 5.85. The summed E-state index contributed by atoms with van der Waals surface area (Å²) >= 11 is 0. The molecular formula is C17H23N3O. The zero-order chi connectivity index (χ0) is 14.2. The predicted octanol–water partition coefficient (Wildman–Crippen LogP) is 1.18. The second-order valence-corrected chi connectivity index (χ2v) is 6.50. The van der Waals surface area contributed by atoms with E-state index in [1.807, 2.05) is 0 Å². The number of hydrogen-bond acceptors (Lipinski definition) is 3. The van der Waals surface area contributed by atoms with E-state index in [0.29, 0.717) is 11.9 Å². The number of hydrogen-bond donors (Lipinski definition) is 1. The molecule has 3 aliphatic heterocycles. The third-order valence-electron chi connectivity index (χ3n) is 5.29. The molecule has 4 nitrogen and oxygen atoms in total. The van der Waals surface area contributed by atoms with Gasteiger partial charge in [-0.05, 0) is 30.5 Å². The lowest BCUT2D eigenvalue weighted by atomic mass is 9.89. The van der Waals surface area contributed by atoms with Crippen molar-refractivity contribution in [2.75, 3.05) is 32.7 Å². The lowest BCUT2D eigenvalue weighted by molar-refractivity contribution is -0.135. The average molecular weight is 285 g/mol. The average Bonchev–Trinajstić information content (AvgIpc) is 3.01. The summed E-state index contributed by atoms with van der Waals surface area (Å²) in [6.45, 7) is 5.77. The van der Waals surface area contributed by atoms with E-state index in [1.165, 1.54) is 30.5 Å². The van der Waals surface area contributed by atoms with E-state index < -0.39 is 0 Å². The number of carbonyl (C=O) groups is 1. The van der Waals surface area contributed by atoms with E-state index in [1.54, 1.807) is 0 Å². The van der Waals surface area contributed by atoms with Gasteiger partial charge >= 0.3 is 0 Å². The van der Waals surface area contributed by atoms with E-state index >= 15 is 0 Å².